The van der Waals surface area contributed by atoms with E-state index in [-0.39, 0.29) is 23.9 Å². The zero-order chi connectivity index (χ0) is 25.1. The molecular formula is C28H24N2O5S. The Hall–Kier alpha value is -3.91. The van der Waals surface area contributed by atoms with E-state index in [0.29, 0.717) is 0 Å². The number of carbonyl (C=O) groups excluding carboxylic acids is 4. The Labute approximate surface area is 212 Å². The van der Waals surface area contributed by atoms with Crippen LogP contribution in [0.2, 0.25) is 0 Å². The molecule has 2 saturated heterocycles. The summed E-state index contributed by atoms with van der Waals surface area (Å²) in [4.78, 5) is 52.9. The molecule has 8 heteroatoms. The van der Waals surface area contributed by atoms with Gasteiger partial charge in [0.2, 0.25) is 11.8 Å². The Balaban J connectivity index is 1.30. The highest BCUT2D eigenvalue weighted by Gasteiger charge is 2.58. The molecule has 36 heavy (non-hydrogen) atoms. The largest absolute Gasteiger partial charge is 0.451 e. The van der Waals surface area contributed by atoms with Crippen LogP contribution in [0.15, 0.2) is 91.0 Å². The number of Topliss-reactive ketones (excluding diaryl/α,β-unsaturated/α-hetero) is 1. The zero-order valence-electron chi connectivity index (χ0n) is 19.3. The lowest BCUT2D eigenvalue weighted by molar-refractivity contribution is -0.170. The second-order valence-corrected chi connectivity index (χ2v) is 9.77. The summed E-state index contributed by atoms with van der Waals surface area (Å²) in [6.45, 7) is 0. The summed E-state index contributed by atoms with van der Waals surface area (Å²) in [7, 11) is 0. The van der Waals surface area contributed by atoms with Crippen molar-refractivity contribution in [2.45, 2.75) is 30.0 Å². The lowest BCUT2D eigenvalue weighted by Crippen LogP contribution is -2.76. The third-order valence-corrected chi connectivity index (χ3v) is 7.54. The predicted molar refractivity (Wildman–Crippen MR) is 135 cm³/mol. The van der Waals surface area contributed by atoms with E-state index in [2.05, 4.69) is 5.32 Å². The quantitative estimate of drug-likeness (QED) is 0.305. The molecule has 0 radical (unpaired) electrons. The fraction of sp³-hybridized carbons (Fsp3) is 0.214. The maximum Gasteiger partial charge on any atom is 0.337 e. The standard InChI is InChI=1S/C28H24N2O5S/c31-21-17-36-27-23(29-22(32)16-18-10-4-1-5-11-18)26(33)30(27)24(21)28(34)35-25(19-12-6-2-7-13-19)20-14-8-3-9-15-20/h1-15,23-25,27H,16-17H2,(H,29,32)/t23-,24?,27?/m1/s1. The molecule has 3 aromatic carbocycles. The molecule has 2 amide bonds. The van der Waals surface area contributed by atoms with Gasteiger partial charge in [-0.25, -0.2) is 4.79 Å². The van der Waals surface area contributed by atoms with Gasteiger partial charge in [-0.2, -0.15) is 0 Å². The zero-order valence-corrected chi connectivity index (χ0v) is 20.1. The normalized spacial score (nSPS) is 20.9. The molecule has 2 unspecified atom stereocenters. The first kappa shape index (κ1) is 23.8. The van der Waals surface area contributed by atoms with Crippen molar-refractivity contribution < 1.29 is 23.9 Å². The third kappa shape index (κ3) is 4.77. The number of thioether (sulfide) groups is 1. The van der Waals surface area contributed by atoms with Crippen molar-refractivity contribution in [1.29, 1.82) is 0 Å². The van der Waals surface area contributed by atoms with Gasteiger partial charge in [0.25, 0.3) is 0 Å². The SMILES string of the molecule is O=C(Cc1ccccc1)N[C@@H]1C(=O)N2C(C(=O)OC(c3ccccc3)c3ccccc3)C(=O)CSC12. The predicted octanol–water partition coefficient (Wildman–Crippen LogP) is 2.90. The Morgan fingerprint density at radius 3 is 2.03 bits per heavy atom. The van der Waals surface area contributed by atoms with Gasteiger partial charge in [0.1, 0.15) is 11.4 Å². The number of fused-ring (bicyclic) bond motifs is 1. The van der Waals surface area contributed by atoms with E-state index in [1.807, 2.05) is 91.0 Å². The van der Waals surface area contributed by atoms with Gasteiger partial charge in [-0.05, 0) is 16.7 Å². The molecule has 3 aromatic rings. The molecule has 0 aromatic heterocycles. The second-order valence-electron chi connectivity index (χ2n) is 8.66. The van der Waals surface area contributed by atoms with Crippen LogP contribution in [0.25, 0.3) is 0 Å². The molecule has 182 valence electrons. The number of ketones is 1. The number of ether oxygens (including phenoxy) is 1. The van der Waals surface area contributed by atoms with Gasteiger partial charge in [0.05, 0.1) is 12.2 Å². The van der Waals surface area contributed by atoms with Gasteiger partial charge in [0, 0.05) is 0 Å². The highest BCUT2D eigenvalue weighted by atomic mass is 32.2. The topological polar surface area (TPSA) is 92.8 Å². The maximum atomic E-state index is 13.3. The van der Waals surface area contributed by atoms with Crippen molar-refractivity contribution in [3.63, 3.8) is 0 Å². The van der Waals surface area contributed by atoms with Crippen LogP contribution in [0.3, 0.4) is 0 Å². The summed E-state index contributed by atoms with van der Waals surface area (Å²) < 4.78 is 5.88. The summed E-state index contributed by atoms with van der Waals surface area (Å²) in [6, 6.07) is 25.6. The molecule has 2 aliphatic rings. The van der Waals surface area contributed by atoms with E-state index in [1.54, 1.807) is 0 Å². The van der Waals surface area contributed by atoms with E-state index in [1.165, 1.54) is 16.7 Å². The van der Waals surface area contributed by atoms with E-state index >= 15 is 0 Å². The van der Waals surface area contributed by atoms with E-state index < -0.39 is 35.4 Å². The van der Waals surface area contributed by atoms with Crippen molar-refractivity contribution in [3.05, 3.63) is 108 Å². The molecule has 5 rings (SSSR count). The summed E-state index contributed by atoms with van der Waals surface area (Å²) in [5, 5.41) is 2.27. The first-order valence-corrected chi connectivity index (χ1v) is 12.7. The molecule has 2 aliphatic heterocycles. The minimum absolute atomic E-state index is 0.0562. The van der Waals surface area contributed by atoms with Gasteiger partial charge in [-0.3, -0.25) is 14.4 Å². The second kappa shape index (κ2) is 10.4. The minimum atomic E-state index is -1.33. The smallest absolute Gasteiger partial charge is 0.337 e. The minimum Gasteiger partial charge on any atom is -0.451 e. The lowest BCUT2D eigenvalue weighted by Gasteiger charge is -2.51. The maximum absolute atomic E-state index is 13.3. The van der Waals surface area contributed by atoms with Crippen LogP contribution in [0.1, 0.15) is 22.8 Å². The van der Waals surface area contributed by atoms with Crippen molar-refractivity contribution in [2.24, 2.45) is 0 Å². The summed E-state index contributed by atoms with van der Waals surface area (Å²) in [5.41, 5.74) is 2.35. The van der Waals surface area contributed by atoms with Crippen LogP contribution in [0.5, 0.6) is 0 Å². The van der Waals surface area contributed by atoms with Crippen molar-refractivity contribution >= 4 is 35.3 Å². The monoisotopic (exact) mass is 500 g/mol. The Kier molecular flexibility index (Phi) is 6.86. The van der Waals surface area contributed by atoms with Crippen molar-refractivity contribution in [1.82, 2.24) is 10.2 Å². The highest BCUT2D eigenvalue weighted by Crippen LogP contribution is 2.38. The van der Waals surface area contributed by atoms with Gasteiger partial charge >= 0.3 is 5.97 Å². The molecule has 3 atom stereocenters. The summed E-state index contributed by atoms with van der Waals surface area (Å²) in [5.74, 6) is -1.85. The number of benzene rings is 3. The summed E-state index contributed by atoms with van der Waals surface area (Å²) >= 11 is 1.25. The van der Waals surface area contributed by atoms with Crippen LogP contribution in [0.4, 0.5) is 0 Å². The van der Waals surface area contributed by atoms with E-state index in [0.717, 1.165) is 16.7 Å². The number of hydrogen-bond acceptors (Lipinski definition) is 6. The van der Waals surface area contributed by atoms with Crippen LogP contribution in [0, 0.1) is 0 Å². The Morgan fingerprint density at radius 2 is 1.44 bits per heavy atom. The molecule has 2 fully saturated rings. The molecule has 0 spiro atoms. The van der Waals surface area contributed by atoms with Crippen molar-refractivity contribution in [3.8, 4) is 0 Å². The number of rotatable bonds is 7. The number of β-lactam (4-membered cyclic amide) rings is 1. The number of esters is 1. The van der Waals surface area contributed by atoms with Gasteiger partial charge < -0.3 is 15.0 Å². The summed E-state index contributed by atoms with van der Waals surface area (Å²) in [6.07, 6.45) is -0.583. The highest BCUT2D eigenvalue weighted by molar-refractivity contribution is 8.00. The third-order valence-electron chi connectivity index (χ3n) is 6.25. The number of carbonyl (C=O) groups is 4. The number of amides is 2. The first-order chi connectivity index (χ1) is 17.5. The van der Waals surface area contributed by atoms with Crippen molar-refractivity contribution in [2.75, 3.05) is 5.75 Å². The molecule has 0 bridgehead atoms. The first-order valence-electron chi connectivity index (χ1n) is 11.6. The van der Waals surface area contributed by atoms with Crippen LogP contribution < -0.4 is 5.32 Å². The van der Waals surface area contributed by atoms with Gasteiger partial charge in [-0.15, -0.1) is 11.8 Å². The van der Waals surface area contributed by atoms with Gasteiger partial charge in [0.15, 0.2) is 17.9 Å². The van der Waals surface area contributed by atoms with E-state index in [9.17, 15) is 19.2 Å². The average molecular weight is 501 g/mol. The van der Waals surface area contributed by atoms with Gasteiger partial charge in [-0.1, -0.05) is 91.0 Å². The fourth-order valence-electron chi connectivity index (χ4n) is 4.49. The molecule has 0 saturated carbocycles. The van der Waals surface area contributed by atoms with Crippen LogP contribution in [-0.2, 0) is 30.3 Å². The number of nitrogens with zero attached hydrogens (tertiary/aromatic N) is 1. The number of nitrogens with one attached hydrogen (secondary N) is 1. The molecule has 7 nitrogen and oxygen atoms in total. The molecule has 2 heterocycles. The average Bonchev–Trinajstić information content (AvgIpc) is 2.91. The fourth-order valence-corrected chi connectivity index (χ4v) is 5.74. The van der Waals surface area contributed by atoms with E-state index in [4.69, 9.17) is 4.74 Å². The number of hydrogen-bond donors (Lipinski definition) is 1. The molecule has 1 N–H and O–H groups in total. The van der Waals surface area contributed by atoms with Crippen LogP contribution >= 0.6 is 11.8 Å². The van der Waals surface area contributed by atoms with Crippen LogP contribution in [-0.4, -0.2) is 51.7 Å². The Morgan fingerprint density at radius 1 is 0.889 bits per heavy atom. The Bertz CT molecular complexity index is 1230. The molecule has 0 aliphatic carbocycles. The lowest BCUT2D eigenvalue weighted by atomic mass is 9.99. The molecular weight excluding hydrogens is 476 g/mol.